The Hall–Kier alpha value is -1.81. The van der Waals surface area contributed by atoms with Gasteiger partial charge in [-0.25, -0.2) is 4.98 Å². The predicted octanol–water partition coefficient (Wildman–Crippen LogP) is 2.46. The average Bonchev–Trinajstić information content (AvgIpc) is 2.79. The third kappa shape index (κ3) is 3.32. The number of nitrogens with two attached hydrogens (primary N) is 1. The molecule has 0 saturated heterocycles. The van der Waals surface area contributed by atoms with E-state index in [1.54, 1.807) is 6.20 Å². The fourth-order valence-electron chi connectivity index (χ4n) is 1.34. The summed E-state index contributed by atoms with van der Waals surface area (Å²) >= 11 is 0. The van der Waals surface area contributed by atoms with Gasteiger partial charge in [-0.15, -0.1) is 0 Å². The van der Waals surface area contributed by atoms with E-state index in [0.29, 0.717) is 6.61 Å². The summed E-state index contributed by atoms with van der Waals surface area (Å²) in [6, 6.07) is 7.64. The van der Waals surface area contributed by atoms with Crippen LogP contribution in [0, 0.1) is 0 Å². The van der Waals surface area contributed by atoms with Gasteiger partial charge in [-0.1, -0.05) is 0 Å². The minimum atomic E-state index is -0.330. The summed E-state index contributed by atoms with van der Waals surface area (Å²) in [5.41, 5.74) is 6.49. The largest absolute Gasteiger partial charge is 0.492 e. The maximum Gasteiger partial charge on any atom is 0.181 e. The van der Waals surface area contributed by atoms with E-state index in [9.17, 15) is 0 Å². The number of hydrogen-bond donors (Lipinski definition) is 1. The first-order valence-electron chi connectivity index (χ1n) is 5.45. The summed E-state index contributed by atoms with van der Waals surface area (Å²) in [5, 5.41) is 0. The van der Waals surface area contributed by atoms with Gasteiger partial charge in [0.2, 0.25) is 0 Å². The number of rotatable bonds is 4. The van der Waals surface area contributed by atoms with Crippen LogP contribution in [-0.4, -0.2) is 17.1 Å². The van der Waals surface area contributed by atoms with E-state index in [1.165, 1.54) is 6.39 Å². The summed E-state index contributed by atoms with van der Waals surface area (Å²) in [7, 11) is 0. The van der Waals surface area contributed by atoms with E-state index in [0.717, 1.165) is 17.1 Å². The van der Waals surface area contributed by atoms with Crippen molar-refractivity contribution in [1.29, 1.82) is 0 Å². The smallest absolute Gasteiger partial charge is 0.181 e. The lowest BCUT2D eigenvalue weighted by Crippen LogP contribution is -2.38. The molecule has 17 heavy (non-hydrogen) atoms. The van der Waals surface area contributed by atoms with Crippen molar-refractivity contribution in [2.45, 2.75) is 19.4 Å². The Balaban J connectivity index is 2.04. The maximum atomic E-state index is 5.84. The molecule has 0 aliphatic heterocycles. The second-order valence-corrected chi connectivity index (χ2v) is 4.67. The van der Waals surface area contributed by atoms with Crippen molar-refractivity contribution < 1.29 is 9.15 Å². The lowest BCUT2D eigenvalue weighted by atomic mass is 10.1. The molecule has 0 fully saturated rings. The van der Waals surface area contributed by atoms with Crippen molar-refractivity contribution in [2.75, 3.05) is 6.61 Å². The van der Waals surface area contributed by atoms with Gasteiger partial charge < -0.3 is 14.9 Å². The van der Waals surface area contributed by atoms with Crippen LogP contribution < -0.4 is 10.5 Å². The molecule has 1 heterocycles. The Morgan fingerprint density at radius 1 is 1.29 bits per heavy atom. The zero-order chi connectivity index (χ0) is 12.3. The van der Waals surface area contributed by atoms with Gasteiger partial charge in [0.25, 0.3) is 0 Å². The van der Waals surface area contributed by atoms with E-state index in [1.807, 2.05) is 38.1 Å². The molecule has 0 radical (unpaired) electrons. The van der Waals surface area contributed by atoms with E-state index in [-0.39, 0.29) is 5.54 Å². The van der Waals surface area contributed by atoms with Crippen LogP contribution in [0.1, 0.15) is 13.8 Å². The summed E-state index contributed by atoms with van der Waals surface area (Å²) in [6.07, 6.45) is 3.09. The fourth-order valence-corrected chi connectivity index (χ4v) is 1.34. The summed E-state index contributed by atoms with van der Waals surface area (Å²) in [6.45, 7) is 4.33. The Bertz CT molecular complexity index is 455. The van der Waals surface area contributed by atoms with Gasteiger partial charge >= 0.3 is 0 Å². The first-order valence-corrected chi connectivity index (χ1v) is 5.45. The molecule has 2 rings (SSSR count). The van der Waals surface area contributed by atoms with Gasteiger partial charge in [0, 0.05) is 11.1 Å². The van der Waals surface area contributed by atoms with Crippen LogP contribution in [0.15, 0.2) is 41.3 Å². The van der Waals surface area contributed by atoms with E-state index in [4.69, 9.17) is 14.9 Å². The number of benzene rings is 1. The summed E-state index contributed by atoms with van der Waals surface area (Å²) in [4.78, 5) is 3.88. The highest BCUT2D eigenvalue weighted by molar-refractivity contribution is 5.57. The van der Waals surface area contributed by atoms with Crippen molar-refractivity contribution in [3.8, 4) is 17.1 Å². The van der Waals surface area contributed by atoms with E-state index < -0.39 is 0 Å². The normalized spacial score (nSPS) is 11.5. The summed E-state index contributed by atoms with van der Waals surface area (Å²) in [5.74, 6) is 1.54. The summed E-state index contributed by atoms with van der Waals surface area (Å²) < 4.78 is 10.8. The molecule has 90 valence electrons. The molecular weight excluding hydrogens is 216 g/mol. The zero-order valence-corrected chi connectivity index (χ0v) is 10.0. The van der Waals surface area contributed by atoms with Gasteiger partial charge in [0.15, 0.2) is 12.2 Å². The van der Waals surface area contributed by atoms with Crippen LogP contribution in [0.3, 0.4) is 0 Å². The number of nitrogens with zero attached hydrogens (tertiary/aromatic N) is 1. The average molecular weight is 232 g/mol. The molecule has 2 aromatic rings. The number of oxazole rings is 1. The molecule has 0 atom stereocenters. The van der Waals surface area contributed by atoms with Gasteiger partial charge in [0.1, 0.15) is 12.4 Å². The third-order valence-corrected chi connectivity index (χ3v) is 2.18. The van der Waals surface area contributed by atoms with Crippen LogP contribution in [0.4, 0.5) is 0 Å². The highest BCUT2D eigenvalue weighted by Gasteiger charge is 2.11. The van der Waals surface area contributed by atoms with Crippen molar-refractivity contribution in [2.24, 2.45) is 5.73 Å². The van der Waals surface area contributed by atoms with Crippen molar-refractivity contribution >= 4 is 0 Å². The lowest BCUT2D eigenvalue weighted by Gasteiger charge is -2.18. The van der Waals surface area contributed by atoms with Crippen molar-refractivity contribution in [3.63, 3.8) is 0 Å². The quantitative estimate of drug-likeness (QED) is 0.879. The van der Waals surface area contributed by atoms with Crippen LogP contribution in [0.2, 0.25) is 0 Å². The first kappa shape index (κ1) is 11.7. The standard InChI is InChI=1S/C13H16N2O2/c1-13(2,14)8-16-11-5-3-10(4-6-11)12-7-15-9-17-12/h3-7,9H,8,14H2,1-2H3. The molecule has 1 aromatic carbocycles. The van der Waals surface area contributed by atoms with Crippen molar-refractivity contribution in [3.05, 3.63) is 36.9 Å². The van der Waals surface area contributed by atoms with Crippen LogP contribution in [0.25, 0.3) is 11.3 Å². The second-order valence-electron chi connectivity index (χ2n) is 4.67. The first-order chi connectivity index (χ1) is 8.04. The van der Waals surface area contributed by atoms with Gasteiger partial charge in [-0.2, -0.15) is 0 Å². The minimum Gasteiger partial charge on any atom is -0.492 e. The highest BCUT2D eigenvalue weighted by atomic mass is 16.5. The fraction of sp³-hybridized carbons (Fsp3) is 0.308. The Morgan fingerprint density at radius 2 is 2.00 bits per heavy atom. The molecule has 0 unspecified atom stereocenters. The zero-order valence-electron chi connectivity index (χ0n) is 10.0. The molecule has 0 amide bonds. The highest BCUT2D eigenvalue weighted by Crippen LogP contribution is 2.22. The molecular formula is C13H16N2O2. The molecule has 0 bridgehead atoms. The minimum absolute atomic E-state index is 0.330. The molecule has 0 saturated carbocycles. The number of ether oxygens (including phenoxy) is 1. The molecule has 0 aliphatic rings. The Labute approximate surface area is 100 Å². The monoisotopic (exact) mass is 232 g/mol. The lowest BCUT2D eigenvalue weighted by molar-refractivity contribution is 0.243. The molecule has 4 nitrogen and oxygen atoms in total. The molecule has 1 aromatic heterocycles. The third-order valence-electron chi connectivity index (χ3n) is 2.18. The SMILES string of the molecule is CC(C)(N)COc1ccc(-c2cnco2)cc1. The van der Waals surface area contributed by atoms with Gasteiger partial charge in [0.05, 0.1) is 6.20 Å². The molecule has 2 N–H and O–H groups in total. The maximum absolute atomic E-state index is 5.84. The van der Waals surface area contributed by atoms with E-state index in [2.05, 4.69) is 4.98 Å². The van der Waals surface area contributed by atoms with Crippen LogP contribution in [0.5, 0.6) is 5.75 Å². The predicted molar refractivity (Wildman–Crippen MR) is 65.7 cm³/mol. The number of hydrogen-bond acceptors (Lipinski definition) is 4. The molecule has 0 aliphatic carbocycles. The Kier molecular flexibility index (Phi) is 3.15. The van der Waals surface area contributed by atoms with Gasteiger partial charge in [-0.3, -0.25) is 0 Å². The molecule has 0 spiro atoms. The number of aromatic nitrogens is 1. The van der Waals surface area contributed by atoms with E-state index >= 15 is 0 Å². The van der Waals surface area contributed by atoms with Crippen LogP contribution in [-0.2, 0) is 0 Å². The second kappa shape index (κ2) is 4.59. The Morgan fingerprint density at radius 3 is 2.53 bits per heavy atom. The van der Waals surface area contributed by atoms with Crippen LogP contribution >= 0.6 is 0 Å². The topological polar surface area (TPSA) is 61.3 Å². The van der Waals surface area contributed by atoms with Crippen molar-refractivity contribution in [1.82, 2.24) is 4.98 Å². The molecule has 4 heteroatoms. The van der Waals surface area contributed by atoms with Gasteiger partial charge in [-0.05, 0) is 38.1 Å².